The molecule has 1 N–H and O–H groups in total. The Balaban J connectivity index is 2.04. The number of hydrogen-bond donors (Lipinski definition) is 1. The van der Waals surface area contributed by atoms with Gasteiger partial charge in [0.15, 0.2) is 0 Å². The molecule has 1 aliphatic heterocycles. The normalized spacial score (nSPS) is 20.0. The average Bonchev–Trinajstić information content (AvgIpc) is 2.84. The topological polar surface area (TPSA) is 32.3 Å². The Morgan fingerprint density at radius 3 is 3.00 bits per heavy atom. The molecule has 1 atom stereocenters. The molecule has 1 saturated heterocycles. The number of benzene rings is 1. The van der Waals surface area contributed by atoms with E-state index in [9.17, 15) is 4.79 Å². The Kier molecular flexibility index (Phi) is 4.78. The Morgan fingerprint density at radius 2 is 2.28 bits per heavy atom. The molecule has 0 radical (unpaired) electrons. The molecule has 0 saturated carbocycles. The van der Waals surface area contributed by atoms with E-state index >= 15 is 0 Å². The Morgan fingerprint density at radius 1 is 1.50 bits per heavy atom. The molecule has 1 aromatic carbocycles. The van der Waals surface area contributed by atoms with Crippen molar-refractivity contribution in [2.24, 2.45) is 0 Å². The molecule has 1 aliphatic rings. The highest BCUT2D eigenvalue weighted by molar-refractivity contribution is 9.10. The number of rotatable bonds is 4. The molecule has 18 heavy (non-hydrogen) atoms. The predicted molar refractivity (Wildman–Crippen MR) is 76.4 cm³/mol. The first-order chi connectivity index (χ1) is 8.72. The molecule has 98 valence electrons. The maximum absolute atomic E-state index is 11.3. The van der Waals surface area contributed by atoms with Gasteiger partial charge in [-0.15, -0.1) is 0 Å². The number of carbonyl (C=O) groups is 1. The van der Waals surface area contributed by atoms with E-state index in [4.69, 9.17) is 0 Å². The SMILES string of the molecule is CNC(=O)CCN1CCC[C@@H]1c1ccccc1Br. The Labute approximate surface area is 117 Å². The molecule has 1 heterocycles. The highest BCUT2D eigenvalue weighted by Crippen LogP contribution is 2.35. The predicted octanol–water partition coefficient (Wildman–Crippen LogP) is 2.72. The van der Waals surface area contributed by atoms with Gasteiger partial charge in [0, 0.05) is 30.5 Å². The van der Waals surface area contributed by atoms with Crippen molar-refractivity contribution >= 4 is 21.8 Å². The number of amides is 1. The lowest BCUT2D eigenvalue weighted by molar-refractivity contribution is -0.121. The summed E-state index contributed by atoms with van der Waals surface area (Å²) >= 11 is 3.62. The molecule has 4 heteroatoms. The van der Waals surface area contributed by atoms with Crippen LogP contribution in [-0.2, 0) is 4.79 Å². The van der Waals surface area contributed by atoms with Crippen LogP contribution in [0.3, 0.4) is 0 Å². The van der Waals surface area contributed by atoms with Crippen molar-refractivity contribution < 1.29 is 4.79 Å². The number of carbonyl (C=O) groups excluding carboxylic acids is 1. The van der Waals surface area contributed by atoms with Crippen molar-refractivity contribution in [3.8, 4) is 0 Å². The molecular formula is C14H19BrN2O. The van der Waals surface area contributed by atoms with E-state index in [1.165, 1.54) is 22.9 Å². The van der Waals surface area contributed by atoms with E-state index in [-0.39, 0.29) is 5.91 Å². The lowest BCUT2D eigenvalue weighted by Crippen LogP contribution is -2.29. The maximum atomic E-state index is 11.3. The van der Waals surface area contributed by atoms with Crippen LogP contribution < -0.4 is 5.32 Å². The van der Waals surface area contributed by atoms with Crippen molar-refractivity contribution in [3.05, 3.63) is 34.3 Å². The summed E-state index contributed by atoms with van der Waals surface area (Å²) in [5.74, 6) is 0.118. The number of nitrogens with one attached hydrogen (secondary N) is 1. The largest absolute Gasteiger partial charge is 0.359 e. The fourth-order valence-electron chi connectivity index (χ4n) is 2.56. The lowest BCUT2D eigenvalue weighted by Gasteiger charge is -2.25. The third-order valence-electron chi connectivity index (χ3n) is 3.53. The van der Waals surface area contributed by atoms with Gasteiger partial charge in [0.25, 0.3) is 0 Å². The van der Waals surface area contributed by atoms with E-state index in [2.05, 4.69) is 44.3 Å². The fraction of sp³-hybridized carbons (Fsp3) is 0.500. The second kappa shape index (κ2) is 6.34. The van der Waals surface area contributed by atoms with Crippen LogP contribution in [0.25, 0.3) is 0 Å². The molecule has 3 nitrogen and oxygen atoms in total. The quantitative estimate of drug-likeness (QED) is 0.927. The minimum absolute atomic E-state index is 0.118. The van der Waals surface area contributed by atoms with Gasteiger partial charge in [-0.05, 0) is 31.0 Å². The molecule has 0 spiro atoms. The van der Waals surface area contributed by atoms with E-state index in [1.807, 2.05) is 6.07 Å². The summed E-state index contributed by atoms with van der Waals surface area (Å²) in [7, 11) is 1.69. The summed E-state index contributed by atoms with van der Waals surface area (Å²) in [4.78, 5) is 13.7. The summed E-state index contributed by atoms with van der Waals surface area (Å²) in [5.41, 5.74) is 1.34. The first-order valence-electron chi connectivity index (χ1n) is 6.41. The Bertz CT molecular complexity index is 422. The number of hydrogen-bond acceptors (Lipinski definition) is 2. The van der Waals surface area contributed by atoms with E-state index in [0.29, 0.717) is 12.5 Å². The summed E-state index contributed by atoms with van der Waals surface area (Å²) in [6.45, 7) is 1.93. The molecular weight excluding hydrogens is 292 g/mol. The summed E-state index contributed by atoms with van der Waals surface area (Å²) in [6.07, 6.45) is 2.97. The van der Waals surface area contributed by atoms with E-state index in [1.54, 1.807) is 7.05 Å². The van der Waals surface area contributed by atoms with Crippen molar-refractivity contribution in [1.29, 1.82) is 0 Å². The van der Waals surface area contributed by atoms with E-state index < -0.39 is 0 Å². The first-order valence-corrected chi connectivity index (χ1v) is 7.20. The molecule has 1 aromatic rings. The van der Waals surface area contributed by atoms with Crippen LogP contribution in [0.5, 0.6) is 0 Å². The zero-order chi connectivity index (χ0) is 13.0. The van der Waals surface area contributed by atoms with Crippen molar-refractivity contribution in [3.63, 3.8) is 0 Å². The Hall–Kier alpha value is -0.870. The minimum Gasteiger partial charge on any atom is -0.359 e. The van der Waals surface area contributed by atoms with Crippen molar-refractivity contribution in [2.45, 2.75) is 25.3 Å². The highest BCUT2D eigenvalue weighted by Gasteiger charge is 2.27. The fourth-order valence-corrected chi connectivity index (χ4v) is 3.11. The molecule has 0 aliphatic carbocycles. The highest BCUT2D eigenvalue weighted by atomic mass is 79.9. The third-order valence-corrected chi connectivity index (χ3v) is 4.25. The van der Waals surface area contributed by atoms with Gasteiger partial charge in [-0.1, -0.05) is 34.1 Å². The van der Waals surface area contributed by atoms with Gasteiger partial charge < -0.3 is 5.32 Å². The smallest absolute Gasteiger partial charge is 0.221 e. The van der Waals surface area contributed by atoms with Gasteiger partial charge in [-0.2, -0.15) is 0 Å². The molecule has 1 amide bonds. The molecule has 0 unspecified atom stereocenters. The van der Waals surface area contributed by atoms with Crippen LogP contribution >= 0.6 is 15.9 Å². The second-order valence-electron chi connectivity index (χ2n) is 4.64. The van der Waals surface area contributed by atoms with Crippen LogP contribution in [0.15, 0.2) is 28.7 Å². The number of halogens is 1. The monoisotopic (exact) mass is 310 g/mol. The van der Waals surface area contributed by atoms with Crippen LogP contribution in [0.1, 0.15) is 30.9 Å². The van der Waals surface area contributed by atoms with Crippen molar-refractivity contribution in [2.75, 3.05) is 20.1 Å². The number of nitrogens with zero attached hydrogens (tertiary/aromatic N) is 1. The summed E-state index contributed by atoms with van der Waals surface area (Å²) in [5, 5.41) is 2.68. The third kappa shape index (κ3) is 3.12. The average molecular weight is 311 g/mol. The van der Waals surface area contributed by atoms with Crippen LogP contribution in [0.4, 0.5) is 0 Å². The zero-order valence-electron chi connectivity index (χ0n) is 10.7. The minimum atomic E-state index is 0.118. The van der Waals surface area contributed by atoms with Crippen molar-refractivity contribution in [1.82, 2.24) is 10.2 Å². The summed E-state index contributed by atoms with van der Waals surface area (Å²) in [6, 6.07) is 8.83. The van der Waals surface area contributed by atoms with Gasteiger partial charge in [0.2, 0.25) is 5.91 Å². The molecule has 0 bridgehead atoms. The first kappa shape index (κ1) is 13.6. The van der Waals surface area contributed by atoms with E-state index in [0.717, 1.165) is 13.1 Å². The standard InChI is InChI=1S/C14H19BrN2O/c1-16-14(18)8-10-17-9-4-7-13(17)11-5-2-3-6-12(11)15/h2-3,5-6,13H,4,7-10H2,1H3,(H,16,18)/t13-/m1/s1. The van der Waals surface area contributed by atoms with Crippen LogP contribution in [0, 0.1) is 0 Å². The molecule has 2 rings (SSSR count). The molecule has 1 fully saturated rings. The molecule has 0 aromatic heterocycles. The van der Waals surface area contributed by atoms with Gasteiger partial charge >= 0.3 is 0 Å². The van der Waals surface area contributed by atoms with Crippen LogP contribution in [-0.4, -0.2) is 30.9 Å². The second-order valence-corrected chi connectivity index (χ2v) is 5.49. The van der Waals surface area contributed by atoms with Gasteiger partial charge in [-0.3, -0.25) is 9.69 Å². The number of likely N-dealkylation sites (tertiary alicyclic amines) is 1. The lowest BCUT2D eigenvalue weighted by atomic mass is 10.0. The summed E-state index contributed by atoms with van der Waals surface area (Å²) < 4.78 is 1.17. The van der Waals surface area contributed by atoms with Gasteiger partial charge in [0.05, 0.1) is 0 Å². The zero-order valence-corrected chi connectivity index (χ0v) is 12.2. The van der Waals surface area contributed by atoms with Gasteiger partial charge in [-0.25, -0.2) is 0 Å². The van der Waals surface area contributed by atoms with Gasteiger partial charge in [0.1, 0.15) is 0 Å². The maximum Gasteiger partial charge on any atom is 0.221 e. The van der Waals surface area contributed by atoms with Crippen LogP contribution in [0.2, 0.25) is 0 Å².